The lowest BCUT2D eigenvalue weighted by molar-refractivity contribution is -0.108. The summed E-state index contributed by atoms with van der Waals surface area (Å²) < 4.78 is 10.9. The molecule has 0 aromatic heterocycles. The molecule has 0 fully saturated rings. The fourth-order valence-corrected chi connectivity index (χ4v) is 7.83. The van der Waals surface area contributed by atoms with Gasteiger partial charge < -0.3 is 24.0 Å². The molecule has 0 saturated heterocycles. The van der Waals surface area contributed by atoms with Crippen LogP contribution in [0.2, 0.25) is 0 Å². The van der Waals surface area contributed by atoms with Crippen LogP contribution in [0, 0.1) is 5.41 Å². The Hall–Kier alpha value is -2.25. The van der Waals surface area contributed by atoms with Gasteiger partial charge in [-0.3, -0.25) is 36.8 Å². The molecule has 65 heavy (non-hydrogen) atoms. The van der Waals surface area contributed by atoms with E-state index in [0.717, 1.165) is 109 Å². The monoisotopic (exact) mass is 925 g/mol. The van der Waals surface area contributed by atoms with Crippen LogP contribution in [0.1, 0.15) is 252 Å². The second kappa shape index (κ2) is 57.9. The number of nitrogens with zero attached hydrogens (tertiary/aromatic N) is 3. The highest BCUT2D eigenvalue weighted by molar-refractivity contribution is 6.66. The summed E-state index contributed by atoms with van der Waals surface area (Å²) in [7, 11) is 5.13. The van der Waals surface area contributed by atoms with Gasteiger partial charge in [-0.1, -0.05) is 182 Å². The first-order chi connectivity index (χ1) is 31.8. The topological polar surface area (TPSA) is 169 Å². The van der Waals surface area contributed by atoms with Crippen LogP contribution in [0.15, 0.2) is 9.98 Å². The number of aliphatic imine (C=N–C) groups is 2. The van der Waals surface area contributed by atoms with Gasteiger partial charge in [-0.2, -0.15) is 0 Å². The van der Waals surface area contributed by atoms with E-state index in [1.165, 1.54) is 142 Å². The highest BCUT2D eigenvalue weighted by Crippen LogP contribution is 2.16. The number of hydrogen-bond acceptors (Lipinski definition) is 10. The van der Waals surface area contributed by atoms with Gasteiger partial charge in [-0.05, 0) is 77.4 Å². The van der Waals surface area contributed by atoms with Crippen molar-refractivity contribution in [2.75, 3.05) is 47.4 Å². The molecule has 5 N–H and O–H groups in total. The van der Waals surface area contributed by atoms with E-state index in [2.05, 4.69) is 42.6 Å². The van der Waals surface area contributed by atoms with Gasteiger partial charge in [0.25, 0.3) is 0 Å². The van der Waals surface area contributed by atoms with E-state index in [-0.39, 0.29) is 17.4 Å². The van der Waals surface area contributed by atoms with Gasteiger partial charge in [0.1, 0.15) is 18.3 Å². The molecule has 0 aliphatic heterocycles. The summed E-state index contributed by atoms with van der Waals surface area (Å²) in [5.41, 5.74) is 3.50. The van der Waals surface area contributed by atoms with Gasteiger partial charge in [-0.15, -0.1) is 0 Å². The van der Waals surface area contributed by atoms with E-state index >= 15 is 0 Å². The number of rotatable bonds is 46. The maximum Gasteiger partial charge on any atom is 0.174 e. The maximum atomic E-state index is 10.4. The molecule has 0 aromatic rings. The number of hydrogen-bond donors (Lipinski definition) is 5. The van der Waals surface area contributed by atoms with Crippen LogP contribution >= 0.6 is 0 Å². The summed E-state index contributed by atoms with van der Waals surface area (Å²) in [4.78, 5) is 31.2. The Labute approximate surface area is 401 Å². The molecule has 386 valence electrons. The summed E-state index contributed by atoms with van der Waals surface area (Å²) in [6.45, 7) is 12.4. The number of hydroxylamine groups is 2. The summed E-state index contributed by atoms with van der Waals surface area (Å²) in [6.07, 6.45) is 46.1. The fraction of sp³-hybridized carbons (Fsp3) is 0.906. The van der Waals surface area contributed by atoms with Crippen molar-refractivity contribution in [2.45, 2.75) is 265 Å². The molecule has 0 amide bonds. The third-order valence-electron chi connectivity index (χ3n) is 12.2. The van der Waals surface area contributed by atoms with Crippen LogP contribution in [-0.2, 0) is 19.1 Å². The highest BCUT2D eigenvalue weighted by atomic mass is 16.5. The first-order valence-corrected chi connectivity index (χ1v) is 26.9. The van der Waals surface area contributed by atoms with Crippen molar-refractivity contribution in [3.8, 4) is 0 Å². The van der Waals surface area contributed by atoms with Gasteiger partial charge in [0, 0.05) is 40.7 Å². The number of methoxy groups -OCH3 is 2. The highest BCUT2D eigenvalue weighted by Gasteiger charge is 2.13. The van der Waals surface area contributed by atoms with Crippen molar-refractivity contribution in [3.63, 3.8) is 0 Å². The van der Waals surface area contributed by atoms with Gasteiger partial charge in [0.15, 0.2) is 11.7 Å². The van der Waals surface area contributed by atoms with Crippen molar-refractivity contribution in [2.24, 2.45) is 9.98 Å². The zero-order chi connectivity index (χ0) is 48.7. The van der Waals surface area contributed by atoms with Crippen molar-refractivity contribution in [1.82, 2.24) is 15.9 Å². The molecule has 1 atom stereocenters. The first-order valence-electron chi connectivity index (χ1n) is 26.9. The zero-order valence-corrected chi connectivity index (χ0v) is 43.8. The number of carbonyl (C=O) groups excluding carboxylic acids is 2. The molecule has 0 heterocycles. The van der Waals surface area contributed by atoms with Gasteiger partial charge in [0.2, 0.25) is 0 Å². The average Bonchev–Trinajstić information content (AvgIpc) is 3.32. The Bertz CT molecular complexity index is 1010. The Morgan fingerprint density at radius 1 is 0.523 bits per heavy atom. The molecule has 0 radical (unpaired) electrons. The van der Waals surface area contributed by atoms with Gasteiger partial charge in [-0.25, -0.2) is 0 Å². The van der Waals surface area contributed by atoms with E-state index in [1.54, 1.807) is 0 Å². The van der Waals surface area contributed by atoms with Crippen LogP contribution in [0.25, 0.3) is 0 Å². The second-order valence-corrected chi connectivity index (χ2v) is 17.8. The Morgan fingerprint density at radius 2 is 0.877 bits per heavy atom. The molecule has 0 aliphatic carbocycles. The number of nitrogens with one attached hydrogen (secondary N) is 3. The van der Waals surface area contributed by atoms with Crippen LogP contribution in [0.3, 0.4) is 0 Å². The van der Waals surface area contributed by atoms with Crippen molar-refractivity contribution in [3.05, 3.63) is 0 Å². The standard InChI is InChI=1S/C23H44N6O4.C18H38O.C12H26O/c1-25-22(27-32)21(24)23(28-33)26-15-14-18-29(16-10-6-2-4-8-12-19-30)17-11-7-3-5-9-13-20-31;1-4-6-8-10-12-14-16-18(19-3)17-15-13-11-9-7-5-2;1-4-6-7-8-9-10-11-12(5-2)13-3/h19-20,24,32-33H,2-18H2,1H3,(H,25,27)(H,26,28);18H,4-17H2,1-3H3;12H,4-11H2,1-3H3. The van der Waals surface area contributed by atoms with Crippen LogP contribution in [0.4, 0.5) is 0 Å². The molecular weight excluding hydrogens is 817 g/mol. The number of unbranched alkanes of at least 4 members (excludes halogenated alkanes) is 25. The molecule has 0 aromatic carbocycles. The van der Waals surface area contributed by atoms with Gasteiger partial charge >= 0.3 is 0 Å². The predicted molar refractivity (Wildman–Crippen MR) is 278 cm³/mol. The SMILES string of the molecule is CCCCCCCCC(CC)OC.CCCCCCCCC(CCCCCCCC)OC.CN=C(NO)C(=N)C(=NCCCN(CCCCCCCC=O)CCCCCCCC=O)NO. The summed E-state index contributed by atoms with van der Waals surface area (Å²) in [5, 5.41) is 26.2. The summed E-state index contributed by atoms with van der Waals surface area (Å²) in [6, 6.07) is 0. The quantitative estimate of drug-likeness (QED) is 0.0131. The smallest absolute Gasteiger partial charge is 0.174 e. The lowest BCUT2D eigenvalue weighted by Crippen LogP contribution is -2.39. The molecule has 0 saturated carbocycles. The largest absolute Gasteiger partial charge is 0.381 e. The van der Waals surface area contributed by atoms with Crippen molar-refractivity contribution < 1.29 is 29.5 Å². The second-order valence-electron chi connectivity index (χ2n) is 17.8. The molecule has 0 aliphatic rings. The summed E-state index contributed by atoms with van der Waals surface area (Å²) in [5.74, 6) is -0.132. The fourth-order valence-electron chi connectivity index (χ4n) is 7.83. The van der Waals surface area contributed by atoms with Crippen molar-refractivity contribution in [1.29, 1.82) is 5.41 Å². The van der Waals surface area contributed by atoms with Crippen LogP contribution in [-0.4, -0.2) is 105 Å². The Morgan fingerprint density at radius 3 is 1.23 bits per heavy atom. The van der Waals surface area contributed by atoms with E-state index in [4.69, 9.17) is 20.1 Å². The maximum absolute atomic E-state index is 10.4. The van der Waals surface area contributed by atoms with E-state index in [0.29, 0.717) is 31.6 Å². The minimum absolute atomic E-state index is 0.0469. The molecule has 1 unspecified atom stereocenters. The molecule has 12 heteroatoms. The number of ether oxygens (including phenoxy) is 2. The number of amidine groups is 2. The van der Waals surface area contributed by atoms with Crippen LogP contribution in [0.5, 0.6) is 0 Å². The molecular formula is C53H108N6O6. The Balaban J connectivity index is -0.00000101. The molecule has 12 nitrogen and oxygen atoms in total. The number of aldehydes is 2. The average molecular weight is 925 g/mol. The normalized spacial score (nSPS) is 12.1. The minimum Gasteiger partial charge on any atom is -0.381 e. The molecule has 0 spiro atoms. The van der Waals surface area contributed by atoms with E-state index in [1.807, 2.05) is 25.2 Å². The van der Waals surface area contributed by atoms with Gasteiger partial charge in [0.05, 0.1) is 12.2 Å². The van der Waals surface area contributed by atoms with E-state index in [9.17, 15) is 14.8 Å². The zero-order valence-electron chi connectivity index (χ0n) is 43.8. The first kappa shape index (κ1) is 67.0. The lowest BCUT2D eigenvalue weighted by Gasteiger charge is -2.22. The Kier molecular flexibility index (Phi) is 59.7. The third-order valence-corrected chi connectivity index (χ3v) is 12.2. The minimum atomic E-state index is -0.219. The third kappa shape index (κ3) is 49.5. The number of carbonyl (C=O) groups is 2. The molecule has 0 bridgehead atoms. The van der Waals surface area contributed by atoms with Crippen LogP contribution < -0.4 is 11.0 Å². The molecule has 0 rings (SSSR count). The lowest BCUT2D eigenvalue weighted by atomic mass is 10.0. The summed E-state index contributed by atoms with van der Waals surface area (Å²) >= 11 is 0. The van der Waals surface area contributed by atoms with E-state index < -0.39 is 0 Å². The van der Waals surface area contributed by atoms with Crippen molar-refractivity contribution >= 4 is 30.0 Å². The predicted octanol–water partition coefficient (Wildman–Crippen LogP) is 13.8.